The second kappa shape index (κ2) is 7.55. The zero-order valence-electron chi connectivity index (χ0n) is 15.8. The SMILES string of the molecule is Cc1cc(F)ccc1S(=O)(=O)Nc1ccc(F)c(-c2nnc3n2CCCCC3)c1. The number of aromatic nitrogens is 3. The summed E-state index contributed by atoms with van der Waals surface area (Å²) in [5.74, 6) is 0.173. The van der Waals surface area contributed by atoms with Crippen molar-refractivity contribution in [3.63, 3.8) is 0 Å². The van der Waals surface area contributed by atoms with Gasteiger partial charge in [-0.2, -0.15) is 0 Å². The lowest BCUT2D eigenvalue weighted by Crippen LogP contribution is -2.14. The van der Waals surface area contributed by atoms with Crippen LogP contribution in [0.4, 0.5) is 14.5 Å². The lowest BCUT2D eigenvalue weighted by atomic mass is 10.1. The zero-order valence-corrected chi connectivity index (χ0v) is 16.6. The summed E-state index contributed by atoms with van der Waals surface area (Å²) in [4.78, 5) is -0.0406. The Kier molecular flexibility index (Phi) is 5.08. The van der Waals surface area contributed by atoms with Gasteiger partial charge in [-0.1, -0.05) is 6.42 Å². The van der Waals surface area contributed by atoms with Crippen molar-refractivity contribution in [2.75, 3.05) is 4.72 Å². The molecule has 0 saturated carbocycles. The van der Waals surface area contributed by atoms with Crippen LogP contribution in [0.1, 0.15) is 30.7 Å². The van der Waals surface area contributed by atoms with E-state index in [0.717, 1.165) is 43.6 Å². The maximum Gasteiger partial charge on any atom is 0.262 e. The van der Waals surface area contributed by atoms with E-state index in [-0.39, 0.29) is 21.7 Å². The van der Waals surface area contributed by atoms with E-state index in [1.54, 1.807) is 0 Å². The number of benzene rings is 2. The molecular weight excluding hydrogens is 398 g/mol. The molecule has 0 aliphatic carbocycles. The first-order valence-corrected chi connectivity index (χ1v) is 10.8. The van der Waals surface area contributed by atoms with Gasteiger partial charge < -0.3 is 4.57 Å². The van der Waals surface area contributed by atoms with E-state index in [0.29, 0.717) is 12.4 Å². The molecule has 2 heterocycles. The molecule has 9 heteroatoms. The molecule has 0 spiro atoms. The van der Waals surface area contributed by atoms with Gasteiger partial charge in [0.2, 0.25) is 0 Å². The molecule has 0 bridgehead atoms. The highest BCUT2D eigenvalue weighted by atomic mass is 32.2. The molecule has 0 radical (unpaired) electrons. The highest BCUT2D eigenvalue weighted by Gasteiger charge is 2.21. The quantitative estimate of drug-likeness (QED) is 0.693. The number of aryl methyl sites for hydroxylation is 2. The van der Waals surface area contributed by atoms with Crippen molar-refractivity contribution < 1.29 is 17.2 Å². The largest absolute Gasteiger partial charge is 0.311 e. The Labute approximate surface area is 167 Å². The van der Waals surface area contributed by atoms with Crippen molar-refractivity contribution in [1.29, 1.82) is 0 Å². The van der Waals surface area contributed by atoms with E-state index in [2.05, 4.69) is 14.9 Å². The maximum absolute atomic E-state index is 14.6. The summed E-state index contributed by atoms with van der Waals surface area (Å²) < 4.78 is 57.7. The van der Waals surface area contributed by atoms with E-state index in [1.807, 2.05) is 4.57 Å². The molecule has 29 heavy (non-hydrogen) atoms. The van der Waals surface area contributed by atoms with Gasteiger partial charge in [-0.15, -0.1) is 10.2 Å². The number of sulfonamides is 1. The monoisotopic (exact) mass is 418 g/mol. The molecule has 1 aromatic heterocycles. The van der Waals surface area contributed by atoms with Crippen molar-refractivity contribution >= 4 is 15.7 Å². The summed E-state index contributed by atoms with van der Waals surface area (Å²) in [5.41, 5.74) is 0.653. The molecule has 6 nitrogen and oxygen atoms in total. The van der Waals surface area contributed by atoms with Crippen LogP contribution < -0.4 is 4.72 Å². The zero-order chi connectivity index (χ0) is 20.6. The van der Waals surface area contributed by atoms with Crippen LogP contribution in [0, 0.1) is 18.6 Å². The summed E-state index contributed by atoms with van der Waals surface area (Å²) in [6.07, 6.45) is 3.82. The molecule has 1 N–H and O–H groups in total. The Morgan fingerprint density at radius 1 is 1.03 bits per heavy atom. The third-order valence-electron chi connectivity index (χ3n) is 5.00. The number of halogens is 2. The molecule has 0 saturated heterocycles. The summed E-state index contributed by atoms with van der Waals surface area (Å²) in [6.45, 7) is 2.21. The first-order chi connectivity index (χ1) is 13.8. The average Bonchev–Trinajstić information content (AvgIpc) is 2.90. The number of fused-ring (bicyclic) bond motifs is 1. The van der Waals surface area contributed by atoms with Gasteiger partial charge >= 0.3 is 0 Å². The highest BCUT2D eigenvalue weighted by Crippen LogP contribution is 2.29. The fraction of sp³-hybridized carbons (Fsp3) is 0.300. The standard InChI is InChI=1S/C20H20F2N4O2S/c1-13-11-14(21)6-9-18(13)29(27,28)25-15-7-8-17(22)16(12-15)20-24-23-19-5-3-2-4-10-26(19)20/h6-9,11-12,25H,2-5,10H2,1H3. The summed E-state index contributed by atoms with van der Waals surface area (Å²) in [6, 6.07) is 7.39. The van der Waals surface area contributed by atoms with Crippen LogP contribution in [-0.2, 0) is 23.0 Å². The third-order valence-corrected chi connectivity index (χ3v) is 6.54. The molecule has 1 aliphatic heterocycles. The number of anilines is 1. The van der Waals surface area contributed by atoms with Gasteiger partial charge in [-0.05, 0) is 61.7 Å². The Bertz CT molecular complexity index is 1180. The number of nitrogens with zero attached hydrogens (tertiary/aromatic N) is 3. The fourth-order valence-electron chi connectivity index (χ4n) is 3.57. The second-order valence-corrected chi connectivity index (χ2v) is 8.76. The Morgan fingerprint density at radius 2 is 1.86 bits per heavy atom. The van der Waals surface area contributed by atoms with Crippen LogP contribution in [0.2, 0.25) is 0 Å². The van der Waals surface area contributed by atoms with Crippen LogP contribution in [0.25, 0.3) is 11.4 Å². The topological polar surface area (TPSA) is 76.9 Å². The molecule has 0 atom stereocenters. The molecule has 152 valence electrons. The molecular formula is C20H20F2N4O2S. The summed E-state index contributed by atoms with van der Waals surface area (Å²) >= 11 is 0. The second-order valence-electron chi connectivity index (χ2n) is 7.11. The van der Waals surface area contributed by atoms with Gasteiger partial charge in [-0.25, -0.2) is 17.2 Å². The van der Waals surface area contributed by atoms with Crippen molar-refractivity contribution in [2.24, 2.45) is 0 Å². The van der Waals surface area contributed by atoms with Crippen molar-refractivity contribution in [3.8, 4) is 11.4 Å². The van der Waals surface area contributed by atoms with Crippen LogP contribution in [0.3, 0.4) is 0 Å². The fourth-order valence-corrected chi connectivity index (χ4v) is 4.85. The van der Waals surface area contributed by atoms with Gasteiger partial charge in [-0.3, -0.25) is 4.72 Å². The Hall–Kier alpha value is -2.81. The lowest BCUT2D eigenvalue weighted by Gasteiger charge is -2.13. The van der Waals surface area contributed by atoms with E-state index < -0.39 is 21.7 Å². The molecule has 0 amide bonds. The van der Waals surface area contributed by atoms with Crippen LogP contribution in [-0.4, -0.2) is 23.2 Å². The van der Waals surface area contributed by atoms with Gasteiger partial charge in [0.05, 0.1) is 10.5 Å². The lowest BCUT2D eigenvalue weighted by molar-refractivity contribution is 0.598. The Morgan fingerprint density at radius 3 is 2.66 bits per heavy atom. The van der Waals surface area contributed by atoms with Crippen LogP contribution in [0.5, 0.6) is 0 Å². The third kappa shape index (κ3) is 3.87. The molecule has 1 aliphatic rings. The molecule has 0 fully saturated rings. The summed E-state index contributed by atoms with van der Waals surface area (Å²) in [5, 5.41) is 8.32. The smallest absolute Gasteiger partial charge is 0.262 e. The van der Waals surface area contributed by atoms with Gasteiger partial charge in [0.15, 0.2) is 5.82 Å². The normalized spacial score (nSPS) is 14.3. The van der Waals surface area contributed by atoms with E-state index in [4.69, 9.17) is 0 Å². The first kappa shape index (κ1) is 19.5. The van der Waals surface area contributed by atoms with Crippen molar-refractivity contribution in [3.05, 3.63) is 59.4 Å². The number of hydrogen-bond acceptors (Lipinski definition) is 4. The predicted molar refractivity (Wildman–Crippen MR) is 105 cm³/mol. The minimum absolute atomic E-state index is 0.0406. The first-order valence-electron chi connectivity index (χ1n) is 9.36. The van der Waals surface area contributed by atoms with E-state index in [1.165, 1.54) is 31.2 Å². The van der Waals surface area contributed by atoms with E-state index >= 15 is 0 Å². The molecule has 3 aromatic rings. The number of hydrogen-bond donors (Lipinski definition) is 1. The minimum Gasteiger partial charge on any atom is -0.311 e. The predicted octanol–water partition coefficient (Wildman–Crippen LogP) is 4.06. The summed E-state index contributed by atoms with van der Waals surface area (Å²) in [7, 11) is -3.96. The van der Waals surface area contributed by atoms with Crippen LogP contribution in [0.15, 0.2) is 41.3 Å². The average molecular weight is 418 g/mol. The molecule has 0 unspecified atom stereocenters. The molecule has 4 rings (SSSR count). The number of nitrogens with one attached hydrogen (secondary N) is 1. The number of rotatable bonds is 4. The maximum atomic E-state index is 14.6. The van der Waals surface area contributed by atoms with Crippen LogP contribution >= 0.6 is 0 Å². The van der Waals surface area contributed by atoms with Gasteiger partial charge in [0.1, 0.15) is 17.5 Å². The van der Waals surface area contributed by atoms with Gasteiger partial charge in [0.25, 0.3) is 10.0 Å². The van der Waals surface area contributed by atoms with Crippen molar-refractivity contribution in [1.82, 2.24) is 14.8 Å². The van der Waals surface area contributed by atoms with Crippen molar-refractivity contribution in [2.45, 2.75) is 44.0 Å². The van der Waals surface area contributed by atoms with Gasteiger partial charge in [0, 0.05) is 18.7 Å². The minimum atomic E-state index is -3.96. The molecule has 2 aromatic carbocycles. The Balaban J connectivity index is 1.70. The van der Waals surface area contributed by atoms with E-state index in [9.17, 15) is 17.2 Å². The highest BCUT2D eigenvalue weighted by molar-refractivity contribution is 7.92.